The molecule has 1 fully saturated rings. The minimum Gasteiger partial charge on any atom is -0.486 e. The van der Waals surface area contributed by atoms with E-state index in [9.17, 15) is 13.5 Å². The molecule has 1 aliphatic rings. The molecule has 0 unspecified atom stereocenters. The van der Waals surface area contributed by atoms with E-state index in [-0.39, 0.29) is 19.3 Å². The maximum absolute atomic E-state index is 11.9. The lowest BCUT2D eigenvalue weighted by molar-refractivity contribution is -0.113. The fourth-order valence-electron chi connectivity index (χ4n) is 3.07. The lowest BCUT2D eigenvalue weighted by atomic mass is 9.98. The smallest absolute Gasteiger partial charge is 0.214 e. The molecule has 2 heterocycles. The van der Waals surface area contributed by atoms with Gasteiger partial charge in [0, 0.05) is 19.0 Å². The summed E-state index contributed by atoms with van der Waals surface area (Å²) < 4.78 is 43.3. The lowest BCUT2D eigenvalue weighted by Gasteiger charge is -2.34. The van der Waals surface area contributed by atoms with Crippen molar-refractivity contribution in [3.05, 3.63) is 47.9 Å². The topological polar surface area (TPSA) is 111 Å². The number of sulfonamides is 1. The number of para-hydroxylation sites is 1. The maximum Gasteiger partial charge on any atom is 0.214 e. The Labute approximate surface area is 171 Å². The summed E-state index contributed by atoms with van der Waals surface area (Å²) in [6.07, 6.45) is 0.274. The van der Waals surface area contributed by atoms with Gasteiger partial charge in [-0.3, -0.25) is 0 Å². The zero-order chi connectivity index (χ0) is 20.9. The molecule has 0 aliphatic carbocycles. The summed E-state index contributed by atoms with van der Waals surface area (Å²) >= 11 is 0. The summed E-state index contributed by atoms with van der Waals surface area (Å²) in [5, 5.41) is 13.7. The highest BCUT2D eigenvalue weighted by Crippen LogP contribution is 2.23. The van der Waals surface area contributed by atoms with Gasteiger partial charge in [0.25, 0.3) is 0 Å². The molecule has 3 atom stereocenters. The van der Waals surface area contributed by atoms with E-state index in [0.29, 0.717) is 25.0 Å². The van der Waals surface area contributed by atoms with Crippen molar-refractivity contribution >= 4 is 10.0 Å². The minimum absolute atomic E-state index is 0.0488. The van der Waals surface area contributed by atoms with E-state index in [1.165, 1.54) is 0 Å². The van der Waals surface area contributed by atoms with Crippen molar-refractivity contribution in [3.8, 4) is 5.75 Å². The predicted octanol–water partition coefficient (Wildman–Crippen LogP) is 2.03. The van der Waals surface area contributed by atoms with Crippen molar-refractivity contribution in [1.29, 1.82) is 0 Å². The molecule has 8 nitrogen and oxygen atoms in total. The minimum atomic E-state index is -3.41. The molecule has 3 rings (SSSR count). The number of nitrogens with zero attached hydrogens (tertiary/aromatic N) is 1. The van der Waals surface area contributed by atoms with E-state index < -0.39 is 27.5 Å². The van der Waals surface area contributed by atoms with Crippen LogP contribution < -0.4 is 9.46 Å². The Hall–Kier alpha value is -1.94. The first-order valence-electron chi connectivity index (χ1n) is 9.78. The Bertz CT molecular complexity index is 868. The number of hydrogen-bond acceptors (Lipinski definition) is 7. The first-order valence-corrected chi connectivity index (χ1v) is 11.3. The zero-order valence-electron chi connectivity index (χ0n) is 16.7. The lowest BCUT2D eigenvalue weighted by Crippen LogP contribution is -2.47. The largest absolute Gasteiger partial charge is 0.486 e. The highest BCUT2D eigenvalue weighted by molar-refractivity contribution is 7.90. The number of ether oxygens (including phenoxy) is 2. The van der Waals surface area contributed by atoms with Gasteiger partial charge in [-0.2, -0.15) is 0 Å². The van der Waals surface area contributed by atoms with Crippen LogP contribution in [0.1, 0.15) is 38.1 Å². The first kappa shape index (κ1) is 21.8. The molecular weight excluding hydrogens is 396 g/mol. The Morgan fingerprint density at radius 3 is 2.76 bits per heavy atom. The van der Waals surface area contributed by atoms with E-state index in [4.69, 9.17) is 14.0 Å². The van der Waals surface area contributed by atoms with Gasteiger partial charge in [0.2, 0.25) is 10.0 Å². The number of nitrogens with one attached hydrogen (secondary N) is 1. The molecule has 2 N–H and O–H groups in total. The third-order valence-electron chi connectivity index (χ3n) is 4.86. The molecular formula is C20H28N2O6S. The average molecular weight is 425 g/mol. The van der Waals surface area contributed by atoms with Crippen molar-refractivity contribution in [2.45, 2.75) is 63.3 Å². The molecule has 0 radical (unpaired) electrons. The Morgan fingerprint density at radius 1 is 1.28 bits per heavy atom. The van der Waals surface area contributed by atoms with Crippen LogP contribution in [0.4, 0.5) is 0 Å². The predicted molar refractivity (Wildman–Crippen MR) is 107 cm³/mol. The Kier molecular flexibility index (Phi) is 7.28. The van der Waals surface area contributed by atoms with Crippen molar-refractivity contribution in [2.24, 2.45) is 0 Å². The van der Waals surface area contributed by atoms with Crippen LogP contribution in [0, 0.1) is 0 Å². The molecule has 29 heavy (non-hydrogen) atoms. The molecule has 2 aromatic rings. The summed E-state index contributed by atoms with van der Waals surface area (Å²) in [5.74, 6) is 1.36. The van der Waals surface area contributed by atoms with Gasteiger partial charge in [-0.25, -0.2) is 13.1 Å². The molecule has 0 amide bonds. The van der Waals surface area contributed by atoms with E-state index in [0.717, 1.165) is 11.4 Å². The van der Waals surface area contributed by atoms with Crippen LogP contribution in [-0.2, 0) is 27.8 Å². The van der Waals surface area contributed by atoms with Gasteiger partial charge in [0.15, 0.2) is 5.76 Å². The fraction of sp³-hybridized carbons (Fsp3) is 0.550. The monoisotopic (exact) mass is 424 g/mol. The third kappa shape index (κ3) is 6.27. The summed E-state index contributed by atoms with van der Waals surface area (Å²) in [6, 6.07) is 11.3. The number of aliphatic hydroxyl groups excluding tert-OH is 1. The summed E-state index contributed by atoms with van der Waals surface area (Å²) in [7, 11) is -3.41. The normalized spacial score (nSPS) is 22.7. The molecule has 160 valence electrons. The zero-order valence-corrected chi connectivity index (χ0v) is 17.5. The maximum atomic E-state index is 11.9. The Morgan fingerprint density at radius 2 is 2.03 bits per heavy atom. The van der Waals surface area contributed by atoms with E-state index >= 15 is 0 Å². The number of rotatable bonds is 9. The van der Waals surface area contributed by atoms with Crippen LogP contribution in [0.2, 0.25) is 0 Å². The third-order valence-corrected chi connectivity index (χ3v) is 6.67. The van der Waals surface area contributed by atoms with Crippen LogP contribution in [0.5, 0.6) is 5.75 Å². The number of aliphatic hydroxyl groups is 1. The van der Waals surface area contributed by atoms with Gasteiger partial charge in [0.05, 0.1) is 29.3 Å². The van der Waals surface area contributed by atoms with Crippen molar-refractivity contribution in [2.75, 3.05) is 6.54 Å². The van der Waals surface area contributed by atoms with Gasteiger partial charge in [-0.1, -0.05) is 23.4 Å². The number of benzene rings is 1. The standard InChI is InChI=1S/C20H28N2O6S/c1-14(2)29(24,25)21-12-20-19(23)9-8-17(27-20)10-15-11-18(28-22-15)13-26-16-6-4-3-5-7-16/h3-7,11,14,17,19-21,23H,8-10,12-13H2,1-2H3/t17-,19-,20+/m0/s1. The second-order valence-electron chi connectivity index (χ2n) is 7.47. The second-order valence-corrected chi connectivity index (χ2v) is 9.80. The molecule has 1 aromatic heterocycles. The fourth-order valence-corrected chi connectivity index (χ4v) is 3.80. The summed E-state index contributed by atoms with van der Waals surface area (Å²) in [5.41, 5.74) is 0.736. The molecule has 9 heteroatoms. The second kappa shape index (κ2) is 9.71. The highest BCUT2D eigenvalue weighted by Gasteiger charge is 2.31. The summed E-state index contributed by atoms with van der Waals surface area (Å²) in [4.78, 5) is 0. The molecule has 1 saturated heterocycles. The average Bonchev–Trinajstić information content (AvgIpc) is 3.15. The first-order chi connectivity index (χ1) is 13.8. The van der Waals surface area contributed by atoms with Gasteiger partial charge in [-0.05, 0) is 38.8 Å². The van der Waals surface area contributed by atoms with Crippen molar-refractivity contribution in [1.82, 2.24) is 9.88 Å². The molecule has 1 aromatic carbocycles. The number of aromatic nitrogens is 1. The van der Waals surface area contributed by atoms with Crippen LogP contribution in [-0.4, -0.2) is 48.8 Å². The van der Waals surface area contributed by atoms with E-state index in [2.05, 4.69) is 9.88 Å². The number of hydrogen-bond donors (Lipinski definition) is 2. The van der Waals surface area contributed by atoms with Crippen LogP contribution in [0.3, 0.4) is 0 Å². The van der Waals surface area contributed by atoms with Crippen LogP contribution in [0.15, 0.2) is 40.9 Å². The van der Waals surface area contributed by atoms with Crippen LogP contribution in [0.25, 0.3) is 0 Å². The van der Waals surface area contributed by atoms with Gasteiger partial charge in [0.1, 0.15) is 12.4 Å². The van der Waals surface area contributed by atoms with Gasteiger partial charge < -0.3 is 19.1 Å². The van der Waals surface area contributed by atoms with Gasteiger partial charge in [-0.15, -0.1) is 0 Å². The van der Waals surface area contributed by atoms with Crippen molar-refractivity contribution in [3.63, 3.8) is 0 Å². The SMILES string of the molecule is CC(C)S(=O)(=O)NC[C@H]1O[C@H](Cc2cc(COc3ccccc3)on2)CC[C@@H]1O. The molecule has 1 aliphatic heterocycles. The van der Waals surface area contributed by atoms with Gasteiger partial charge >= 0.3 is 0 Å². The Balaban J connectivity index is 1.50. The molecule has 0 spiro atoms. The quantitative estimate of drug-likeness (QED) is 0.634. The van der Waals surface area contributed by atoms with Crippen LogP contribution >= 0.6 is 0 Å². The van der Waals surface area contributed by atoms with Crippen molar-refractivity contribution < 1.29 is 27.5 Å². The van der Waals surface area contributed by atoms with E-state index in [1.54, 1.807) is 13.8 Å². The molecule has 0 bridgehead atoms. The highest BCUT2D eigenvalue weighted by atomic mass is 32.2. The summed E-state index contributed by atoms with van der Waals surface area (Å²) in [6.45, 7) is 3.54. The molecule has 0 saturated carbocycles. The van der Waals surface area contributed by atoms with E-state index in [1.807, 2.05) is 36.4 Å².